The second kappa shape index (κ2) is 5.30. The van der Waals surface area contributed by atoms with Gasteiger partial charge in [0, 0.05) is 39.0 Å². The molecule has 0 amide bonds. The third kappa shape index (κ3) is 4.25. The molecule has 0 fully saturated rings. The zero-order valence-corrected chi connectivity index (χ0v) is 8.14. The minimum absolute atomic E-state index is 0.801. The van der Waals surface area contributed by atoms with Crippen LogP contribution in [0.15, 0.2) is 29.4 Å². The molecule has 0 aliphatic carbocycles. The van der Waals surface area contributed by atoms with Crippen molar-refractivity contribution in [1.29, 1.82) is 0 Å². The first-order chi connectivity index (χ1) is 6.29. The summed E-state index contributed by atoms with van der Waals surface area (Å²) in [6.45, 7) is 0.801. The van der Waals surface area contributed by atoms with Crippen LogP contribution in [0.2, 0.25) is 0 Å². The molecule has 0 saturated heterocycles. The van der Waals surface area contributed by atoms with Gasteiger partial charge < -0.3 is 4.90 Å². The summed E-state index contributed by atoms with van der Waals surface area (Å²) in [5.74, 6) is 0. The van der Waals surface area contributed by atoms with Gasteiger partial charge >= 0.3 is 0 Å². The smallest absolute Gasteiger partial charge is 0.0844 e. The van der Waals surface area contributed by atoms with Crippen LogP contribution in [0.3, 0.4) is 0 Å². The van der Waals surface area contributed by atoms with Gasteiger partial charge in [0.1, 0.15) is 0 Å². The van der Waals surface area contributed by atoms with Gasteiger partial charge in [-0.3, -0.25) is 9.98 Å². The molecule has 0 N–H and O–H groups in total. The lowest BCUT2D eigenvalue weighted by Gasteiger charge is -2.01. The van der Waals surface area contributed by atoms with Crippen LogP contribution in [-0.2, 0) is 6.42 Å². The van der Waals surface area contributed by atoms with Crippen LogP contribution in [0.25, 0.3) is 0 Å². The summed E-state index contributed by atoms with van der Waals surface area (Å²) in [6, 6.07) is 5.94. The average molecular weight is 177 g/mol. The molecule has 1 rings (SSSR count). The van der Waals surface area contributed by atoms with E-state index >= 15 is 0 Å². The monoisotopic (exact) mass is 177 g/mol. The van der Waals surface area contributed by atoms with Crippen LogP contribution in [0, 0.1) is 0 Å². The third-order valence-corrected chi connectivity index (χ3v) is 1.54. The number of pyridine rings is 1. The number of aromatic nitrogens is 1. The van der Waals surface area contributed by atoms with Crippen molar-refractivity contribution in [1.82, 2.24) is 9.88 Å². The van der Waals surface area contributed by atoms with E-state index in [0.717, 1.165) is 18.7 Å². The Balaban J connectivity index is 2.28. The average Bonchev–Trinajstić information content (AvgIpc) is 2.14. The Kier molecular flexibility index (Phi) is 3.96. The van der Waals surface area contributed by atoms with Crippen molar-refractivity contribution in [3.63, 3.8) is 0 Å². The van der Waals surface area contributed by atoms with E-state index in [1.54, 1.807) is 0 Å². The van der Waals surface area contributed by atoms with E-state index in [0.29, 0.717) is 0 Å². The van der Waals surface area contributed by atoms with Crippen molar-refractivity contribution in [3.05, 3.63) is 30.1 Å². The maximum atomic E-state index is 4.23. The van der Waals surface area contributed by atoms with E-state index in [9.17, 15) is 0 Å². The molecule has 0 aliphatic heterocycles. The van der Waals surface area contributed by atoms with Gasteiger partial charge in [-0.15, -0.1) is 0 Å². The lowest BCUT2D eigenvalue weighted by Crippen LogP contribution is -2.08. The summed E-state index contributed by atoms with van der Waals surface area (Å²) >= 11 is 0. The van der Waals surface area contributed by atoms with E-state index in [1.165, 1.54) is 0 Å². The van der Waals surface area contributed by atoms with Gasteiger partial charge in [-0.25, -0.2) is 0 Å². The first kappa shape index (κ1) is 9.71. The van der Waals surface area contributed by atoms with Gasteiger partial charge in [0.2, 0.25) is 0 Å². The van der Waals surface area contributed by atoms with Crippen molar-refractivity contribution < 1.29 is 0 Å². The highest BCUT2D eigenvalue weighted by molar-refractivity contribution is 5.53. The van der Waals surface area contributed by atoms with Crippen molar-refractivity contribution in [2.45, 2.75) is 6.42 Å². The highest BCUT2D eigenvalue weighted by Crippen LogP contribution is 1.94. The zero-order chi connectivity index (χ0) is 9.52. The van der Waals surface area contributed by atoms with Crippen LogP contribution in [0.5, 0.6) is 0 Å². The lowest BCUT2D eigenvalue weighted by atomic mass is 10.3. The van der Waals surface area contributed by atoms with Gasteiger partial charge in [0.05, 0.1) is 6.34 Å². The SMILES string of the molecule is CN(C)C=NCCc1ccccn1. The summed E-state index contributed by atoms with van der Waals surface area (Å²) < 4.78 is 0. The second-order valence-electron chi connectivity index (χ2n) is 3.06. The van der Waals surface area contributed by atoms with Gasteiger partial charge in [0.25, 0.3) is 0 Å². The largest absolute Gasteiger partial charge is 0.369 e. The van der Waals surface area contributed by atoms with Crippen molar-refractivity contribution in [3.8, 4) is 0 Å². The predicted octanol–water partition coefficient (Wildman–Crippen LogP) is 1.21. The summed E-state index contributed by atoms with van der Waals surface area (Å²) in [5.41, 5.74) is 1.10. The number of hydrogen-bond donors (Lipinski definition) is 0. The molecule has 0 unspecified atom stereocenters. The van der Waals surface area contributed by atoms with E-state index in [4.69, 9.17) is 0 Å². The maximum absolute atomic E-state index is 4.23. The van der Waals surface area contributed by atoms with Crippen LogP contribution in [-0.4, -0.2) is 36.9 Å². The Labute approximate surface area is 79.1 Å². The molecule has 0 radical (unpaired) electrons. The fourth-order valence-corrected chi connectivity index (χ4v) is 0.946. The topological polar surface area (TPSA) is 28.5 Å². The summed E-state index contributed by atoms with van der Waals surface area (Å²) in [7, 11) is 3.93. The Bertz CT molecular complexity index is 254. The molecule has 1 heterocycles. The van der Waals surface area contributed by atoms with E-state index in [2.05, 4.69) is 9.98 Å². The molecule has 1 aromatic heterocycles. The van der Waals surface area contributed by atoms with E-state index in [-0.39, 0.29) is 0 Å². The number of aliphatic imine (C=N–C) groups is 1. The quantitative estimate of drug-likeness (QED) is 0.511. The molecule has 0 bridgehead atoms. The maximum Gasteiger partial charge on any atom is 0.0844 e. The summed E-state index contributed by atoms with van der Waals surface area (Å²) in [5, 5.41) is 0. The molecule has 13 heavy (non-hydrogen) atoms. The summed E-state index contributed by atoms with van der Waals surface area (Å²) in [6.07, 6.45) is 4.54. The molecule has 3 heteroatoms. The fourth-order valence-electron chi connectivity index (χ4n) is 0.946. The van der Waals surface area contributed by atoms with Gasteiger partial charge in [0.15, 0.2) is 0 Å². The van der Waals surface area contributed by atoms with E-state index in [1.807, 2.05) is 49.7 Å². The predicted molar refractivity (Wildman–Crippen MR) is 55.0 cm³/mol. The van der Waals surface area contributed by atoms with Crippen LogP contribution >= 0.6 is 0 Å². The molecule has 0 saturated carbocycles. The lowest BCUT2D eigenvalue weighted by molar-refractivity contribution is 0.638. The first-order valence-corrected chi connectivity index (χ1v) is 4.35. The van der Waals surface area contributed by atoms with Crippen molar-refractivity contribution in [2.75, 3.05) is 20.6 Å². The molecular formula is C10H15N3. The summed E-state index contributed by atoms with van der Waals surface area (Å²) in [4.78, 5) is 10.4. The molecular weight excluding hydrogens is 162 g/mol. The number of rotatable bonds is 4. The zero-order valence-electron chi connectivity index (χ0n) is 8.14. The Morgan fingerprint density at radius 2 is 2.31 bits per heavy atom. The molecule has 0 spiro atoms. The Morgan fingerprint density at radius 3 is 2.92 bits per heavy atom. The molecule has 3 nitrogen and oxygen atoms in total. The van der Waals surface area contributed by atoms with Crippen molar-refractivity contribution in [2.24, 2.45) is 4.99 Å². The minimum atomic E-state index is 0.801. The highest BCUT2D eigenvalue weighted by atomic mass is 15.1. The molecule has 0 aliphatic rings. The van der Waals surface area contributed by atoms with Crippen LogP contribution in [0.4, 0.5) is 0 Å². The molecule has 1 aromatic rings. The minimum Gasteiger partial charge on any atom is -0.369 e. The van der Waals surface area contributed by atoms with Crippen molar-refractivity contribution >= 4 is 6.34 Å². The number of hydrogen-bond acceptors (Lipinski definition) is 2. The Morgan fingerprint density at radius 1 is 1.46 bits per heavy atom. The third-order valence-electron chi connectivity index (χ3n) is 1.54. The first-order valence-electron chi connectivity index (χ1n) is 4.35. The normalized spacial score (nSPS) is 10.6. The fraction of sp³-hybridized carbons (Fsp3) is 0.400. The molecule has 70 valence electrons. The van der Waals surface area contributed by atoms with Gasteiger partial charge in [-0.2, -0.15) is 0 Å². The molecule has 0 atom stereocenters. The Hall–Kier alpha value is -1.38. The van der Waals surface area contributed by atoms with Gasteiger partial charge in [-0.1, -0.05) is 6.07 Å². The standard InChI is InChI=1S/C10H15N3/c1-13(2)9-11-8-6-10-5-3-4-7-12-10/h3-5,7,9H,6,8H2,1-2H3. The second-order valence-corrected chi connectivity index (χ2v) is 3.06. The molecule has 0 aromatic carbocycles. The number of nitrogens with zero attached hydrogens (tertiary/aromatic N) is 3. The van der Waals surface area contributed by atoms with Crippen LogP contribution < -0.4 is 0 Å². The van der Waals surface area contributed by atoms with Gasteiger partial charge in [-0.05, 0) is 12.1 Å². The van der Waals surface area contributed by atoms with E-state index < -0.39 is 0 Å². The van der Waals surface area contributed by atoms with Crippen LogP contribution in [0.1, 0.15) is 5.69 Å². The highest BCUT2D eigenvalue weighted by Gasteiger charge is 1.89.